The van der Waals surface area contributed by atoms with Crippen molar-refractivity contribution in [2.45, 2.75) is 0 Å². The Morgan fingerprint density at radius 2 is 0.790 bits per heavy atom. The third-order valence-corrected chi connectivity index (χ3v) is 14.4. The van der Waals surface area contributed by atoms with Gasteiger partial charge in [-0.25, -0.2) is 0 Å². The highest BCUT2D eigenvalue weighted by atomic mass is 79.9. The number of para-hydroxylation sites is 2. The zero-order valence-corrected chi connectivity index (χ0v) is 35.8. The fourth-order valence-electron chi connectivity index (χ4n) is 9.80. The summed E-state index contributed by atoms with van der Waals surface area (Å²) in [5.74, 6) is 0. The molecule has 2 nitrogen and oxygen atoms in total. The number of hydrogen-bond acceptors (Lipinski definition) is 1. The van der Waals surface area contributed by atoms with Crippen molar-refractivity contribution in [3.8, 4) is 44.8 Å². The normalized spacial score (nSPS) is 12.0. The van der Waals surface area contributed by atoms with Gasteiger partial charge < -0.3 is 9.13 Å². The quantitative estimate of drug-likeness (QED) is 0.163. The summed E-state index contributed by atoms with van der Waals surface area (Å²) in [4.78, 5) is 0. The number of benzene rings is 10. The monoisotopic (exact) mass is 870 g/mol. The lowest BCUT2D eigenvalue weighted by atomic mass is 9.96. The standard InChI is InChI=1S/C58H35BrN2S/c59-44-30-42(29-43(31-44)38-21-24-45(25-22-38)60-54-15-7-4-12-48(54)51-32-39-9-1-2-10-40(39)33-56(51)60)37-19-17-36(18-20-37)41-23-27-49-47-11-3-6-14-53(47)61(55(49)34-41)46-26-28-58-52(35-46)50-13-5-8-16-57(50)62-58/h1-35H. The lowest BCUT2D eigenvalue weighted by molar-refractivity contribution is 1.18. The SMILES string of the molecule is Brc1cc(-c2ccc(-c3ccc4c5ccccc5n(-c5ccc6sc7ccccc7c6c5)c4c3)cc2)cc(-c2ccc(-n3c4ccccc4c4cc5ccccc5cc43)cc2)c1. The lowest BCUT2D eigenvalue weighted by Crippen LogP contribution is -1.94. The molecule has 10 aromatic carbocycles. The summed E-state index contributed by atoms with van der Waals surface area (Å²) in [5, 5.41) is 10.2. The summed E-state index contributed by atoms with van der Waals surface area (Å²) in [5.41, 5.74) is 14.3. The van der Waals surface area contributed by atoms with Gasteiger partial charge in [0.2, 0.25) is 0 Å². The van der Waals surface area contributed by atoms with Gasteiger partial charge in [0.1, 0.15) is 0 Å². The molecule has 0 bridgehead atoms. The van der Waals surface area contributed by atoms with Gasteiger partial charge in [-0.1, -0.05) is 143 Å². The van der Waals surface area contributed by atoms with Crippen molar-refractivity contribution in [1.82, 2.24) is 9.13 Å². The molecule has 0 saturated heterocycles. The molecule has 0 spiro atoms. The molecular weight excluding hydrogens is 837 g/mol. The van der Waals surface area contributed by atoms with Crippen LogP contribution in [-0.4, -0.2) is 9.13 Å². The Bertz CT molecular complexity index is 3920. The molecule has 3 heterocycles. The Kier molecular flexibility index (Phi) is 7.96. The van der Waals surface area contributed by atoms with Crippen molar-refractivity contribution in [1.29, 1.82) is 0 Å². The second kappa shape index (κ2) is 13.9. The molecule has 290 valence electrons. The van der Waals surface area contributed by atoms with E-state index >= 15 is 0 Å². The van der Waals surface area contributed by atoms with Gasteiger partial charge in [-0.3, -0.25) is 0 Å². The molecule has 0 aliphatic heterocycles. The predicted molar refractivity (Wildman–Crippen MR) is 270 cm³/mol. The van der Waals surface area contributed by atoms with E-state index in [2.05, 4.69) is 237 Å². The first kappa shape index (κ1) is 35.5. The summed E-state index contributed by atoms with van der Waals surface area (Å²) in [7, 11) is 0. The van der Waals surface area contributed by atoms with Crippen LogP contribution < -0.4 is 0 Å². The van der Waals surface area contributed by atoms with Gasteiger partial charge in [-0.15, -0.1) is 11.3 Å². The predicted octanol–water partition coefficient (Wildman–Crippen LogP) is 17.2. The first-order valence-corrected chi connectivity index (χ1v) is 22.6. The van der Waals surface area contributed by atoms with Crippen LogP contribution in [0, 0.1) is 0 Å². The Labute approximate surface area is 370 Å². The average molecular weight is 872 g/mol. The van der Waals surface area contributed by atoms with E-state index in [0.29, 0.717) is 0 Å². The number of fused-ring (bicyclic) bond motifs is 10. The number of hydrogen-bond donors (Lipinski definition) is 0. The highest BCUT2D eigenvalue weighted by molar-refractivity contribution is 9.10. The van der Waals surface area contributed by atoms with E-state index in [1.807, 2.05) is 11.3 Å². The van der Waals surface area contributed by atoms with Gasteiger partial charge in [0.15, 0.2) is 0 Å². The largest absolute Gasteiger partial charge is 0.309 e. The Morgan fingerprint density at radius 3 is 1.52 bits per heavy atom. The Balaban J connectivity index is 0.846. The molecule has 0 aliphatic carbocycles. The molecule has 13 rings (SSSR count). The molecule has 0 saturated carbocycles. The summed E-state index contributed by atoms with van der Waals surface area (Å²) < 4.78 is 8.54. The van der Waals surface area contributed by atoms with E-state index < -0.39 is 0 Å². The average Bonchev–Trinajstić information content (AvgIpc) is 3.97. The van der Waals surface area contributed by atoms with Crippen LogP contribution in [0.5, 0.6) is 0 Å². The van der Waals surface area contributed by atoms with E-state index in [4.69, 9.17) is 0 Å². The molecule has 0 unspecified atom stereocenters. The van der Waals surface area contributed by atoms with Crippen LogP contribution in [0.25, 0.3) is 119 Å². The molecule has 0 amide bonds. The number of rotatable bonds is 5. The molecular formula is C58H35BrN2S. The van der Waals surface area contributed by atoms with E-state index in [0.717, 1.165) is 10.2 Å². The smallest absolute Gasteiger partial charge is 0.0547 e. The second-order valence-electron chi connectivity index (χ2n) is 16.3. The highest BCUT2D eigenvalue weighted by Gasteiger charge is 2.17. The van der Waals surface area contributed by atoms with Gasteiger partial charge >= 0.3 is 0 Å². The van der Waals surface area contributed by atoms with Crippen molar-refractivity contribution >= 4 is 102 Å². The van der Waals surface area contributed by atoms with E-state index in [-0.39, 0.29) is 0 Å². The number of thiophene rings is 1. The molecule has 62 heavy (non-hydrogen) atoms. The number of nitrogens with zero attached hydrogens (tertiary/aromatic N) is 2. The van der Waals surface area contributed by atoms with Crippen LogP contribution in [0.4, 0.5) is 0 Å². The first-order chi connectivity index (χ1) is 30.6. The molecule has 0 atom stereocenters. The van der Waals surface area contributed by atoms with Gasteiger partial charge in [-0.05, 0) is 129 Å². The van der Waals surface area contributed by atoms with Crippen molar-refractivity contribution < 1.29 is 0 Å². The zero-order chi connectivity index (χ0) is 40.9. The molecule has 4 heteroatoms. The van der Waals surface area contributed by atoms with E-state index in [9.17, 15) is 0 Å². The third kappa shape index (κ3) is 5.61. The molecule has 3 aromatic heterocycles. The second-order valence-corrected chi connectivity index (χ2v) is 18.3. The van der Waals surface area contributed by atoms with E-state index in [1.165, 1.54) is 114 Å². The summed E-state index contributed by atoms with van der Waals surface area (Å²) in [6.07, 6.45) is 0. The van der Waals surface area contributed by atoms with Gasteiger partial charge in [0.05, 0.1) is 22.1 Å². The molecule has 0 aliphatic rings. The van der Waals surface area contributed by atoms with Crippen LogP contribution in [0.1, 0.15) is 0 Å². The van der Waals surface area contributed by atoms with Crippen LogP contribution in [-0.2, 0) is 0 Å². The van der Waals surface area contributed by atoms with Crippen LogP contribution in [0.2, 0.25) is 0 Å². The van der Waals surface area contributed by atoms with Crippen LogP contribution >= 0.6 is 27.3 Å². The topological polar surface area (TPSA) is 9.86 Å². The molecule has 13 aromatic rings. The van der Waals surface area contributed by atoms with Crippen molar-refractivity contribution in [2.75, 3.05) is 0 Å². The number of aromatic nitrogens is 2. The maximum absolute atomic E-state index is 3.86. The van der Waals surface area contributed by atoms with Crippen LogP contribution in [0.3, 0.4) is 0 Å². The first-order valence-electron chi connectivity index (χ1n) is 21.0. The fourth-order valence-corrected chi connectivity index (χ4v) is 11.4. The van der Waals surface area contributed by atoms with Crippen molar-refractivity contribution in [3.63, 3.8) is 0 Å². The molecule has 0 N–H and O–H groups in total. The number of halogens is 1. The fraction of sp³-hybridized carbons (Fsp3) is 0. The van der Waals surface area contributed by atoms with Gasteiger partial charge in [0.25, 0.3) is 0 Å². The molecule has 0 fully saturated rings. The maximum Gasteiger partial charge on any atom is 0.0547 e. The van der Waals surface area contributed by atoms with Gasteiger partial charge in [-0.2, -0.15) is 0 Å². The minimum Gasteiger partial charge on any atom is -0.309 e. The Hall–Kier alpha value is -7.24. The van der Waals surface area contributed by atoms with Crippen molar-refractivity contribution in [2.24, 2.45) is 0 Å². The molecule has 0 radical (unpaired) electrons. The minimum absolute atomic E-state index is 1.05. The summed E-state index contributed by atoms with van der Waals surface area (Å²) in [6, 6.07) is 78.2. The zero-order valence-electron chi connectivity index (χ0n) is 33.4. The van der Waals surface area contributed by atoms with E-state index in [1.54, 1.807) is 0 Å². The van der Waals surface area contributed by atoms with Crippen LogP contribution in [0.15, 0.2) is 217 Å². The minimum atomic E-state index is 1.05. The lowest BCUT2D eigenvalue weighted by Gasteiger charge is -2.12. The maximum atomic E-state index is 3.86. The summed E-state index contributed by atoms with van der Waals surface area (Å²) in [6.45, 7) is 0. The van der Waals surface area contributed by atoms with Gasteiger partial charge in [0, 0.05) is 57.6 Å². The summed E-state index contributed by atoms with van der Waals surface area (Å²) >= 11 is 5.72. The highest BCUT2D eigenvalue weighted by Crippen LogP contribution is 2.40. The third-order valence-electron chi connectivity index (χ3n) is 12.7. The van der Waals surface area contributed by atoms with Crippen molar-refractivity contribution in [3.05, 3.63) is 217 Å². The Morgan fingerprint density at radius 1 is 0.290 bits per heavy atom.